The van der Waals surface area contributed by atoms with Crippen molar-refractivity contribution in [3.8, 4) is 5.75 Å². The van der Waals surface area contributed by atoms with E-state index in [0.717, 1.165) is 18.1 Å². The van der Waals surface area contributed by atoms with E-state index in [1.54, 1.807) is 0 Å². The van der Waals surface area contributed by atoms with E-state index in [1.807, 2.05) is 0 Å². The summed E-state index contributed by atoms with van der Waals surface area (Å²) in [5.41, 5.74) is 1.51. The molecule has 0 aromatic heterocycles. The van der Waals surface area contributed by atoms with Crippen molar-refractivity contribution < 1.29 is 4.74 Å². The number of alkyl halides is 1. The van der Waals surface area contributed by atoms with Crippen molar-refractivity contribution in [1.29, 1.82) is 0 Å². The highest BCUT2D eigenvalue weighted by Gasteiger charge is 2.39. The van der Waals surface area contributed by atoms with E-state index in [4.69, 9.17) is 16.3 Å². The second-order valence-corrected chi connectivity index (χ2v) is 8.16. The summed E-state index contributed by atoms with van der Waals surface area (Å²) in [4.78, 5) is 0. The van der Waals surface area contributed by atoms with Crippen molar-refractivity contribution in [3.05, 3.63) is 29.8 Å². The van der Waals surface area contributed by atoms with Gasteiger partial charge in [-0.05, 0) is 60.6 Å². The van der Waals surface area contributed by atoms with Gasteiger partial charge in [0.15, 0.2) is 0 Å². The molecule has 0 aliphatic heterocycles. The normalized spacial score (nSPS) is 30.2. The van der Waals surface area contributed by atoms with Crippen LogP contribution >= 0.6 is 11.6 Å². The Hall–Kier alpha value is -0.690. The van der Waals surface area contributed by atoms with Crippen molar-refractivity contribution in [2.45, 2.75) is 69.8 Å². The third-order valence-electron chi connectivity index (χ3n) is 5.39. The number of halogens is 1. The minimum Gasteiger partial charge on any atom is -0.490 e. The lowest BCUT2D eigenvalue weighted by atomic mass is 9.66. The third kappa shape index (κ3) is 3.39. The van der Waals surface area contributed by atoms with Gasteiger partial charge in [-0.2, -0.15) is 0 Å². The molecule has 0 saturated heterocycles. The number of ether oxygens (including phenoxy) is 1. The molecule has 1 aromatic rings. The maximum absolute atomic E-state index is 6.70. The Balaban J connectivity index is 1.73. The Morgan fingerprint density at radius 3 is 2.29 bits per heavy atom. The summed E-state index contributed by atoms with van der Waals surface area (Å²) in [5.74, 6) is 2.34. The summed E-state index contributed by atoms with van der Waals surface area (Å²) >= 11 is 6.70. The first kappa shape index (κ1) is 15.2. The predicted octanol–water partition coefficient (Wildman–Crippen LogP) is 5.55. The second kappa shape index (κ2) is 5.83. The van der Waals surface area contributed by atoms with Gasteiger partial charge >= 0.3 is 0 Å². The number of hydrogen-bond acceptors (Lipinski definition) is 1. The quantitative estimate of drug-likeness (QED) is 0.663. The Kier molecular flexibility index (Phi) is 4.23. The molecule has 0 amide bonds. The maximum atomic E-state index is 6.70. The summed E-state index contributed by atoms with van der Waals surface area (Å²) in [7, 11) is 0. The molecule has 2 aliphatic rings. The van der Waals surface area contributed by atoms with Crippen molar-refractivity contribution in [2.24, 2.45) is 11.8 Å². The highest BCUT2D eigenvalue weighted by molar-refractivity contribution is 6.20. The molecular weight excluding hydrogens is 280 g/mol. The fourth-order valence-corrected chi connectivity index (χ4v) is 4.42. The van der Waals surface area contributed by atoms with Gasteiger partial charge in [-0.3, -0.25) is 0 Å². The van der Waals surface area contributed by atoms with Gasteiger partial charge in [-0.1, -0.05) is 39.3 Å². The van der Waals surface area contributed by atoms with E-state index in [2.05, 4.69) is 45.0 Å². The smallest absolute Gasteiger partial charge is 0.119 e. The predicted molar refractivity (Wildman–Crippen MR) is 89.3 cm³/mol. The molecule has 2 fully saturated rings. The van der Waals surface area contributed by atoms with Crippen LogP contribution in [0.3, 0.4) is 0 Å². The summed E-state index contributed by atoms with van der Waals surface area (Å²) < 4.78 is 5.85. The lowest BCUT2D eigenvalue weighted by Gasteiger charge is -2.42. The molecule has 0 radical (unpaired) electrons. The first-order chi connectivity index (χ1) is 9.96. The zero-order chi connectivity index (χ0) is 15.0. The van der Waals surface area contributed by atoms with Gasteiger partial charge in [-0.15, -0.1) is 11.6 Å². The van der Waals surface area contributed by atoms with E-state index in [9.17, 15) is 0 Å². The van der Waals surface area contributed by atoms with Gasteiger partial charge in [0.25, 0.3) is 0 Å². The van der Waals surface area contributed by atoms with Crippen LogP contribution in [0.4, 0.5) is 0 Å². The van der Waals surface area contributed by atoms with Crippen molar-refractivity contribution in [2.75, 3.05) is 0 Å². The molecule has 21 heavy (non-hydrogen) atoms. The van der Waals surface area contributed by atoms with Gasteiger partial charge in [0.05, 0.1) is 6.10 Å². The SMILES string of the molecule is CC1CCC(C(C)(C)c2ccc(OC3CC3)cc2)C(Cl)C1. The monoisotopic (exact) mass is 306 g/mol. The Morgan fingerprint density at radius 1 is 1.05 bits per heavy atom. The van der Waals surface area contributed by atoms with Gasteiger partial charge < -0.3 is 4.74 Å². The van der Waals surface area contributed by atoms with Crippen LogP contribution in [0, 0.1) is 11.8 Å². The van der Waals surface area contributed by atoms with E-state index < -0.39 is 0 Å². The molecular formula is C19H27ClO. The first-order valence-electron chi connectivity index (χ1n) is 8.38. The van der Waals surface area contributed by atoms with Gasteiger partial charge in [0, 0.05) is 5.38 Å². The molecule has 0 bridgehead atoms. The summed E-state index contributed by atoms with van der Waals surface area (Å²) in [6.45, 7) is 7.02. The lowest BCUT2D eigenvalue weighted by Crippen LogP contribution is -2.38. The molecule has 1 aromatic carbocycles. The van der Waals surface area contributed by atoms with Crippen LogP contribution in [-0.2, 0) is 5.41 Å². The Labute approximate surface area is 134 Å². The molecule has 3 atom stereocenters. The average Bonchev–Trinajstić information content (AvgIpc) is 3.23. The standard InChI is InChI=1S/C19H27ClO/c1-13-4-11-17(18(20)12-13)19(2,3)14-5-7-15(8-6-14)21-16-9-10-16/h5-8,13,16-18H,4,9-12H2,1-3H3. The fraction of sp³-hybridized carbons (Fsp3) is 0.684. The molecule has 1 nitrogen and oxygen atoms in total. The van der Waals surface area contributed by atoms with E-state index in [1.165, 1.54) is 31.2 Å². The first-order valence-corrected chi connectivity index (χ1v) is 8.81. The fourth-order valence-electron chi connectivity index (χ4n) is 3.68. The lowest BCUT2D eigenvalue weighted by molar-refractivity contribution is 0.207. The van der Waals surface area contributed by atoms with E-state index in [0.29, 0.717) is 17.4 Å². The van der Waals surface area contributed by atoms with E-state index >= 15 is 0 Å². The minimum atomic E-state index is 0.130. The Morgan fingerprint density at radius 2 is 1.71 bits per heavy atom. The highest BCUT2D eigenvalue weighted by Crippen LogP contribution is 2.44. The van der Waals surface area contributed by atoms with Crippen LogP contribution in [0.25, 0.3) is 0 Å². The second-order valence-electron chi connectivity index (χ2n) is 7.60. The van der Waals surface area contributed by atoms with Crippen LogP contribution in [0.2, 0.25) is 0 Å². The third-order valence-corrected chi connectivity index (χ3v) is 5.87. The number of hydrogen-bond donors (Lipinski definition) is 0. The van der Waals surface area contributed by atoms with Crippen LogP contribution in [-0.4, -0.2) is 11.5 Å². The molecule has 3 unspecified atom stereocenters. The topological polar surface area (TPSA) is 9.23 Å². The van der Waals surface area contributed by atoms with Crippen LogP contribution < -0.4 is 4.74 Å². The van der Waals surface area contributed by atoms with Crippen molar-refractivity contribution in [3.63, 3.8) is 0 Å². The van der Waals surface area contributed by atoms with Crippen LogP contribution in [0.5, 0.6) is 5.75 Å². The van der Waals surface area contributed by atoms with E-state index in [-0.39, 0.29) is 5.41 Å². The van der Waals surface area contributed by atoms with Crippen LogP contribution in [0.15, 0.2) is 24.3 Å². The molecule has 0 heterocycles. The zero-order valence-electron chi connectivity index (χ0n) is 13.4. The molecule has 2 heteroatoms. The average molecular weight is 307 g/mol. The zero-order valence-corrected chi connectivity index (χ0v) is 14.2. The molecule has 2 saturated carbocycles. The number of benzene rings is 1. The summed E-state index contributed by atoms with van der Waals surface area (Å²) in [5, 5.41) is 0.297. The Bertz CT molecular complexity index is 475. The largest absolute Gasteiger partial charge is 0.490 e. The molecule has 116 valence electrons. The van der Waals surface area contributed by atoms with Gasteiger partial charge in [0.1, 0.15) is 5.75 Å². The van der Waals surface area contributed by atoms with Crippen LogP contribution in [0.1, 0.15) is 58.4 Å². The molecule has 0 N–H and O–H groups in total. The summed E-state index contributed by atoms with van der Waals surface area (Å²) in [6, 6.07) is 8.73. The van der Waals surface area contributed by atoms with Crippen molar-refractivity contribution in [1.82, 2.24) is 0 Å². The highest BCUT2D eigenvalue weighted by atomic mass is 35.5. The van der Waals surface area contributed by atoms with Gasteiger partial charge in [0.2, 0.25) is 0 Å². The molecule has 0 spiro atoms. The summed E-state index contributed by atoms with van der Waals surface area (Å²) in [6.07, 6.45) is 6.58. The minimum absolute atomic E-state index is 0.130. The number of rotatable bonds is 4. The molecule has 2 aliphatic carbocycles. The molecule has 3 rings (SSSR count). The van der Waals surface area contributed by atoms with Gasteiger partial charge in [-0.25, -0.2) is 0 Å². The maximum Gasteiger partial charge on any atom is 0.119 e. The van der Waals surface area contributed by atoms with Crippen molar-refractivity contribution >= 4 is 11.6 Å².